The molecule has 0 aliphatic heterocycles. The Morgan fingerprint density at radius 1 is 1.46 bits per heavy atom. The van der Waals surface area contributed by atoms with Crippen LogP contribution in [-0.2, 0) is 13.6 Å². The van der Waals surface area contributed by atoms with Crippen molar-refractivity contribution in [1.29, 1.82) is 0 Å². The van der Waals surface area contributed by atoms with Gasteiger partial charge in [-0.05, 0) is 44.9 Å². The number of amides is 2. The van der Waals surface area contributed by atoms with Gasteiger partial charge in [-0.2, -0.15) is 5.10 Å². The molecule has 1 fully saturated rings. The Bertz CT molecular complexity index is 785. The normalized spacial score (nSPS) is 13.9. The summed E-state index contributed by atoms with van der Waals surface area (Å²) in [6.45, 7) is 4.41. The van der Waals surface area contributed by atoms with E-state index in [0.717, 1.165) is 29.8 Å². The zero-order chi connectivity index (χ0) is 17.4. The zero-order valence-corrected chi connectivity index (χ0v) is 14.7. The molecule has 0 unspecified atom stereocenters. The highest BCUT2D eigenvalue weighted by molar-refractivity contribution is 6.33. The van der Waals surface area contributed by atoms with E-state index in [2.05, 4.69) is 10.4 Å². The van der Waals surface area contributed by atoms with E-state index in [1.165, 1.54) is 18.2 Å². The van der Waals surface area contributed by atoms with E-state index in [4.69, 9.17) is 11.6 Å². The molecule has 3 rings (SSSR count). The number of carbonyl (C=O) groups is 1. The maximum atomic E-state index is 13.4. The molecule has 1 aliphatic carbocycles. The molecule has 0 spiro atoms. The van der Waals surface area contributed by atoms with Crippen LogP contribution in [0.15, 0.2) is 18.2 Å². The summed E-state index contributed by atoms with van der Waals surface area (Å²) in [6, 6.07) is 3.86. The van der Waals surface area contributed by atoms with Crippen LogP contribution >= 0.6 is 11.6 Å². The largest absolute Gasteiger partial charge is 0.322 e. The standard InChI is InChI=1S/C17H20ClFN4O/c1-10-14(11(2)22(3)21-10)9-23(13-5-6-13)17(24)20-16-8-12(19)4-7-15(16)18/h4,7-8,13H,5-6,9H2,1-3H3,(H,20,24). The Hall–Kier alpha value is -2.08. The van der Waals surface area contributed by atoms with Crippen molar-refractivity contribution in [2.45, 2.75) is 39.3 Å². The SMILES string of the molecule is Cc1nn(C)c(C)c1CN(C(=O)Nc1cc(F)ccc1Cl)C1CC1. The Morgan fingerprint density at radius 2 is 2.17 bits per heavy atom. The van der Waals surface area contributed by atoms with Gasteiger partial charge in [0.05, 0.1) is 22.9 Å². The zero-order valence-electron chi connectivity index (χ0n) is 13.9. The predicted octanol–water partition coefficient (Wildman–Crippen LogP) is 4.03. The van der Waals surface area contributed by atoms with E-state index < -0.39 is 5.82 Å². The van der Waals surface area contributed by atoms with Gasteiger partial charge >= 0.3 is 6.03 Å². The molecule has 1 saturated carbocycles. The van der Waals surface area contributed by atoms with Gasteiger partial charge in [0.1, 0.15) is 5.82 Å². The van der Waals surface area contributed by atoms with E-state index in [-0.39, 0.29) is 17.8 Å². The molecule has 2 amide bonds. The second kappa shape index (κ2) is 6.43. The maximum absolute atomic E-state index is 13.4. The first kappa shape index (κ1) is 16.8. The van der Waals surface area contributed by atoms with Crippen molar-refractivity contribution in [3.8, 4) is 0 Å². The van der Waals surface area contributed by atoms with Gasteiger partial charge in [0.25, 0.3) is 0 Å². The van der Waals surface area contributed by atoms with Gasteiger partial charge < -0.3 is 10.2 Å². The lowest BCUT2D eigenvalue weighted by molar-refractivity contribution is 0.206. The van der Waals surface area contributed by atoms with Gasteiger partial charge in [-0.25, -0.2) is 9.18 Å². The highest BCUT2D eigenvalue weighted by Gasteiger charge is 2.34. The third-order valence-corrected chi connectivity index (χ3v) is 4.74. The third kappa shape index (κ3) is 3.38. The molecule has 24 heavy (non-hydrogen) atoms. The second-order valence-electron chi connectivity index (χ2n) is 6.19. The molecular weight excluding hydrogens is 331 g/mol. The van der Waals surface area contributed by atoms with Crippen LogP contribution in [0.5, 0.6) is 0 Å². The number of rotatable bonds is 4. The number of hydrogen-bond donors (Lipinski definition) is 1. The van der Waals surface area contributed by atoms with Crippen molar-refractivity contribution in [1.82, 2.24) is 14.7 Å². The van der Waals surface area contributed by atoms with Crippen molar-refractivity contribution >= 4 is 23.3 Å². The first-order valence-corrected chi connectivity index (χ1v) is 8.26. The molecule has 1 aromatic carbocycles. The lowest BCUT2D eigenvalue weighted by Gasteiger charge is -2.23. The quantitative estimate of drug-likeness (QED) is 0.905. The van der Waals surface area contributed by atoms with Crippen molar-refractivity contribution in [2.75, 3.05) is 5.32 Å². The Morgan fingerprint density at radius 3 is 2.75 bits per heavy atom. The lowest BCUT2D eigenvalue weighted by atomic mass is 10.2. The maximum Gasteiger partial charge on any atom is 0.322 e. The molecule has 1 aromatic heterocycles. The molecule has 7 heteroatoms. The van der Waals surface area contributed by atoms with Gasteiger partial charge in [0.2, 0.25) is 0 Å². The number of anilines is 1. The molecule has 1 aliphatic rings. The van der Waals surface area contributed by atoms with Crippen LogP contribution in [-0.4, -0.2) is 26.8 Å². The Kier molecular flexibility index (Phi) is 4.49. The molecule has 0 atom stereocenters. The van der Waals surface area contributed by atoms with E-state index in [9.17, 15) is 9.18 Å². The average Bonchev–Trinajstić information content (AvgIpc) is 3.32. The summed E-state index contributed by atoms with van der Waals surface area (Å²) >= 11 is 6.04. The van der Waals surface area contributed by atoms with Crippen molar-refractivity contribution in [2.24, 2.45) is 7.05 Å². The predicted molar refractivity (Wildman–Crippen MR) is 91.7 cm³/mol. The molecular formula is C17H20ClFN4O. The fraction of sp³-hybridized carbons (Fsp3) is 0.412. The van der Waals surface area contributed by atoms with Crippen LogP contribution in [0.4, 0.5) is 14.9 Å². The summed E-state index contributed by atoms with van der Waals surface area (Å²) in [4.78, 5) is 14.5. The molecule has 1 N–H and O–H groups in total. The molecule has 128 valence electrons. The second-order valence-corrected chi connectivity index (χ2v) is 6.59. The number of urea groups is 1. The molecule has 5 nitrogen and oxygen atoms in total. The van der Waals surface area contributed by atoms with Crippen LogP contribution in [0.2, 0.25) is 5.02 Å². The average molecular weight is 351 g/mol. The van der Waals surface area contributed by atoms with E-state index >= 15 is 0 Å². The van der Waals surface area contributed by atoms with Crippen molar-refractivity contribution in [3.63, 3.8) is 0 Å². The minimum atomic E-state index is -0.438. The molecule has 1 heterocycles. The lowest BCUT2D eigenvalue weighted by Crippen LogP contribution is -2.36. The van der Waals surface area contributed by atoms with Crippen LogP contribution in [0.25, 0.3) is 0 Å². The molecule has 0 radical (unpaired) electrons. The fourth-order valence-electron chi connectivity index (χ4n) is 2.75. The number of benzene rings is 1. The Labute approximate surface area is 145 Å². The smallest absolute Gasteiger partial charge is 0.317 e. The van der Waals surface area contributed by atoms with E-state index in [1.54, 1.807) is 4.90 Å². The third-order valence-electron chi connectivity index (χ3n) is 4.41. The molecule has 0 bridgehead atoms. The number of halogens is 2. The van der Waals surface area contributed by atoms with Crippen LogP contribution in [0.3, 0.4) is 0 Å². The van der Waals surface area contributed by atoms with E-state index in [1.807, 2.05) is 25.6 Å². The summed E-state index contributed by atoms with van der Waals surface area (Å²) in [5, 5.41) is 7.44. The van der Waals surface area contributed by atoms with Gasteiger partial charge in [0, 0.05) is 24.3 Å². The summed E-state index contributed by atoms with van der Waals surface area (Å²) in [6.07, 6.45) is 1.95. The fourth-order valence-corrected chi connectivity index (χ4v) is 2.91. The van der Waals surface area contributed by atoms with Gasteiger partial charge in [0.15, 0.2) is 0 Å². The topological polar surface area (TPSA) is 50.2 Å². The summed E-state index contributed by atoms with van der Waals surface area (Å²) < 4.78 is 15.2. The number of aryl methyl sites for hydroxylation is 2. The van der Waals surface area contributed by atoms with Crippen LogP contribution < -0.4 is 5.32 Å². The van der Waals surface area contributed by atoms with Crippen LogP contribution in [0, 0.1) is 19.7 Å². The highest BCUT2D eigenvalue weighted by atomic mass is 35.5. The number of nitrogens with zero attached hydrogens (tertiary/aromatic N) is 3. The summed E-state index contributed by atoms with van der Waals surface area (Å²) in [7, 11) is 1.89. The minimum Gasteiger partial charge on any atom is -0.317 e. The van der Waals surface area contributed by atoms with Crippen molar-refractivity contribution in [3.05, 3.63) is 46.0 Å². The molecule has 0 saturated heterocycles. The van der Waals surface area contributed by atoms with E-state index in [0.29, 0.717) is 11.6 Å². The number of carbonyl (C=O) groups excluding carboxylic acids is 1. The van der Waals surface area contributed by atoms with Crippen LogP contribution in [0.1, 0.15) is 29.8 Å². The number of nitrogens with one attached hydrogen (secondary N) is 1. The monoisotopic (exact) mass is 350 g/mol. The van der Waals surface area contributed by atoms with Crippen molar-refractivity contribution < 1.29 is 9.18 Å². The van der Waals surface area contributed by atoms with Gasteiger partial charge in [-0.3, -0.25) is 4.68 Å². The first-order valence-electron chi connectivity index (χ1n) is 7.88. The number of aromatic nitrogens is 2. The number of hydrogen-bond acceptors (Lipinski definition) is 2. The van der Waals surface area contributed by atoms with Gasteiger partial charge in [-0.15, -0.1) is 0 Å². The first-order chi connectivity index (χ1) is 11.4. The Balaban J connectivity index is 1.80. The minimum absolute atomic E-state index is 0.205. The molecule has 2 aromatic rings. The highest BCUT2D eigenvalue weighted by Crippen LogP contribution is 2.31. The summed E-state index contributed by atoms with van der Waals surface area (Å²) in [5.41, 5.74) is 3.28. The summed E-state index contributed by atoms with van der Waals surface area (Å²) in [5.74, 6) is -0.438. The van der Waals surface area contributed by atoms with Gasteiger partial charge in [-0.1, -0.05) is 11.6 Å².